The van der Waals surface area contributed by atoms with Crippen LogP contribution in [0.15, 0.2) is 58.9 Å². The molecule has 0 radical (unpaired) electrons. The monoisotopic (exact) mass is 326 g/mol. The summed E-state index contributed by atoms with van der Waals surface area (Å²) in [7, 11) is 1.97. The Morgan fingerprint density at radius 2 is 2.17 bits per heavy atom. The van der Waals surface area contributed by atoms with Crippen LogP contribution >= 0.6 is 11.8 Å². The lowest BCUT2D eigenvalue weighted by Gasteiger charge is -1.97. The van der Waals surface area contributed by atoms with Crippen molar-refractivity contribution in [1.29, 1.82) is 0 Å². The van der Waals surface area contributed by atoms with Gasteiger partial charge in [0.05, 0.1) is 24.7 Å². The molecule has 0 bridgehead atoms. The largest absolute Gasteiger partial charge is 0.317 e. The van der Waals surface area contributed by atoms with Gasteiger partial charge in [-0.05, 0) is 36.0 Å². The Labute approximate surface area is 137 Å². The Kier molecular flexibility index (Phi) is 4.68. The normalized spacial score (nSPS) is 11.2. The number of hydrazone groups is 1. The third-order valence-corrected chi connectivity index (χ3v) is 4.28. The summed E-state index contributed by atoms with van der Waals surface area (Å²) in [6.07, 6.45) is 3.19. The summed E-state index contributed by atoms with van der Waals surface area (Å²) in [5.74, 6) is 0.112. The zero-order valence-electron chi connectivity index (χ0n) is 12.6. The standard InChI is InChI=1S/C16H15N5OS/c1-21-14-8-3-2-7-13(14)19-16(21)23-11-15(22)20-18-10-12-6-4-5-9-17-12/h2-10H,11H2,1H3,(H,17,20,22)/p+1. The number of amides is 1. The Morgan fingerprint density at radius 3 is 2.96 bits per heavy atom. The molecule has 0 aliphatic rings. The first kappa shape index (κ1) is 15.2. The van der Waals surface area contributed by atoms with Gasteiger partial charge in [-0.2, -0.15) is 5.10 Å². The van der Waals surface area contributed by atoms with E-state index >= 15 is 0 Å². The van der Waals surface area contributed by atoms with Gasteiger partial charge >= 0.3 is 5.16 Å². The van der Waals surface area contributed by atoms with Gasteiger partial charge in [0.15, 0.2) is 11.0 Å². The van der Waals surface area contributed by atoms with E-state index in [0.29, 0.717) is 5.69 Å². The van der Waals surface area contributed by atoms with Gasteiger partial charge in [-0.15, -0.1) is 0 Å². The lowest BCUT2D eigenvalue weighted by atomic mass is 10.3. The molecule has 0 saturated heterocycles. The fourth-order valence-corrected chi connectivity index (χ4v) is 2.91. The fourth-order valence-electron chi connectivity index (χ4n) is 2.10. The molecule has 1 aromatic carbocycles. The minimum atomic E-state index is -0.166. The second-order valence-corrected chi connectivity index (χ2v) is 5.81. The van der Waals surface area contributed by atoms with Crippen LogP contribution in [0.5, 0.6) is 0 Å². The Balaban J connectivity index is 1.56. The lowest BCUT2D eigenvalue weighted by Crippen LogP contribution is -2.30. The van der Waals surface area contributed by atoms with Crippen molar-refractivity contribution >= 4 is 34.9 Å². The van der Waals surface area contributed by atoms with Gasteiger partial charge in [-0.25, -0.2) is 15.0 Å². The summed E-state index contributed by atoms with van der Waals surface area (Å²) in [4.78, 5) is 19.2. The van der Waals surface area contributed by atoms with E-state index in [4.69, 9.17) is 0 Å². The van der Waals surface area contributed by atoms with Gasteiger partial charge in [-0.1, -0.05) is 18.2 Å². The quantitative estimate of drug-likeness (QED) is 0.324. The number of hydrogen-bond acceptors (Lipinski definition) is 4. The molecule has 6 nitrogen and oxygen atoms in total. The summed E-state index contributed by atoms with van der Waals surface area (Å²) in [5.41, 5.74) is 5.35. The second-order valence-electron chi connectivity index (χ2n) is 4.84. The highest BCUT2D eigenvalue weighted by atomic mass is 32.2. The molecular formula is C16H16N5OS+. The number of H-pyrrole nitrogens is 1. The molecule has 0 atom stereocenters. The molecule has 0 aliphatic heterocycles. The molecular weight excluding hydrogens is 310 g/mol. The molecule has 0 unspecified atom stereocenters. The van der Waals surface area contributed by atoms with Gasteiger partial charge in [0.2, 0.25) is 0 Å². The number of carbonyl (C=O) groups excluding carboxylic acids is 1. The summed E-state index contributed by atoms with van der Waals surface area (Å²) < 4.78 is 2.03. The number of hydrogen-bond donors (Lipinski definition) is 2. The van der Waals surface area contributed by atoms with Crippen molar-refractivity contribution in [2.75, 3.05) is 5.75 Å². The smallest absolute Gasteiger partial charge is 0.272 e. The van der Waals surface area contributed by atoms with Gasteiger partial charge in [0.1, 0.15) is 0 Å². The predicted molar refractivity (Wildman–Crippen MR) is 90.2 cm³/mol. The maximum atomic E-state index is 11.8. The van der Waals surface area contributed by atoms with E-state index in [0.717, 1.165) is 16.2 Å². The molecule has 2 N–H and O–H groups in total. The molecule has 3 rings (SSSR count). The van der Waals surface area contributed by atoms with E-state index in [-0.39, 0.29) is 11.7 Å². The van der Waals surface area contributed by atoms with Crippen molar-refractivity contribution in [1.82, 2.24) is 15.4 Å². The highest BCUT2D eigenvalue weighted by Crippen LogP contribution is 2.16. The molecule has 3 aromatic rings. The third-order valence-electron chi connectivity index (χ3n) is 3.23. The number of imidazole rings is 1. The van der Waals surface area contributed by atoms with Crippen LogP contribution in [0, 0.1) is 0 Å². The van der Waals surface area contributed by atoms with Crippen LogP contribution in [-0.4, -0.2) is 27.8 Å². The van der Waals surface area contributed by atoms with Crippen molar-refractivity contribution in [2.24, 2.45) is 12.1 Å². The lowest BCUT2D eigenvalue weighted by molar-refractivity contribution is -0.683. The fraction of sp³-hybridized carbons (Fsp3) is 0.125. The third kappa shape index (κ3) is 3.75. The van der Waals surface area contributed by atoms with Crippen LogP contribution in [0.1, 0.15) is 5.69 Å². The maximum absolute atomic E-state index is 11.8. The molecule has 0 fully saturated rings. The van der Waals surface area contributed by atoms with Crippen molar-refractivity contribution in [3.63, 3.8) is 0 Å². The van der Waals surface area contributed by atoms with Gasteiger partial charge < -0.3 is 0 Å². The average molecular weight is 326 g/mol. The number of para-hydroxylation sites is 2. The molecule has 0 saturated carbocycles. The number of rotatable bonds is 5. The molecule has 0 spiro atoms. The summed E-state index contributed by atoms with van der Waals surface area (Å²) in [6, 6.07) is 13.5. The van der Waals surface area contributed by atoms with Crippen LogP contribution in [0.3, 0.4) is 0 Å². The van der Waals surface area contributed by atoms with Gasteiger partial charge in [-0.3, -0.25) is 9.78 Å². The zero-order valence-corrected chi connectivity index (χ0v) is 13.4. The summed E-state index contributed by atoms with van der Waals surface area (Å²) in [5, 5.41) is 4.83. The summed E-state index contributed by atoms with van der Waals surface area (Å²) >= 11 is 1.43. The first-order valence-corrected chi connectivity index (χ1v) is 8.05. The number of fused-ring (bicyclic) bond motifs is 1. The van der Waals surface area contributed by atoms with E-state index in [1.165, 1.54) is 18.0 Å². The second kappa shape index (κ2) is 7.06. The van der Waals surface area contributed by atoms with E-state index in [1.807, 2.05) is 54.1 Å². The van der Waals surface area contributed by atoms with E-state index in [9.17, 15) is 4.79 Å². The van der Waals surface area contributed by atoms with E-state index < -0.39 is 0 Å². The highest BCUT2D eigenvalue weighted by Gasteiger charge is 2.16. The van der Waals surface area contributed by atoms with Crippen molar-refractivity contribution < 1.29 is 9.36 Å². The van der Waals surface area contributed by atoms with Crippen molar-refractivity contribution in [3.05, 3.63) is 54.4 Å². The molecule has 23 heavy (non-hydrogen) atoms. The van der Waals surface area contributed by atoms with Crippen molar-refractivity contribution in [3.8, 4) is 0 Å². The van der Waals surface area contributed by atoms with Crippen LogP contribution in [0.25, 0.3) is 11.0 Å². The first-order chi connectivity index (χ1) is 11.2. The molecule has 0 aliphatic carbocycles. The number of aryl methyl sites for hydroxylation is 1. The Hall–Kier alpha value is -2.67. The molecule has 2 heterocycles. The number of benzene rings is 1. The molecule has 1 amide bonds. The number of nitrogens with zero attached hydrogens (tertiary/aromatic N) is 3. The SMILES string of the molecule is C[n+]1c(SCC(=O)NN=Cc2ccccn2)[nH]c2ccccc21. The topological polar surface area (TPSA) is 74.0 Å². The number of aromatic nitrogens is 3. The Morgan fingerprint density at radius 1 is 1.35 bits per heavy atom. The number of aromatic amines is 1. The first-order valence-electron chi connectivity index (χ1n) is 7.06. The van der Waals surface area contributed by atoms with Gasteiger partial charge in [0.25, 0.3) is 5.91 Å². The number of carbonyl (C=O) groups is 1. The highest BCUT2D eigenvalue weighted by molar-refractivity contribution is 7.99. The van der Waals surface area contributed by atoms with Crippen LogP contribution < -0.4 is 9.99 Å². The van der Waals surface area contributed by atoms with E-state index in [2.05, 4.69) is 20.5 Å². The Bertz CT molecular complexity index is 844. The van der Waals surface area contributed by atoms with Crippen molar-refractivity contribution in [2.45, 2.75) is 5.16 Å². The zero-order chi connectivity index (χ0) is 16.1. The van der Waals surface area contributed by atoms with Crippen LogP contribution in [0.2, 0.25) is 0 Å². The molecule has 116 valence electrons. The average Bonchev–Trinajstić information content (AvgIpc) is 2.90. The molecule has 7 heteroatoms. The minimum absolute atomic E-state index is 0.166. The van der Waals surface area contributed by atoms with E-state index in [1.54, 1.807) is 6.20 Å². The molecule has 2 aromatic heterocycles. The number of thioether (sulfide) groups is 1. The van der Waals surface area contributed by atoms with Gasteiger partial charge in [0, 0.05) is 6.20 Å². The maximum Gasteiger partial charge on any atom is 0.317 e. The summed E-state index contributed by atoms with van der Waals surface area (Å²) in [6.45, 7) is 0. The van der Waals surface area contributed by atoms with Crippen LogP contribution in [0.4, 0.5) is 0 Å². The number of nitrogens with one attached hydrogen (secondary N) is 2. The number of pyridine rings is 1. The minimum Gasteiger partial charge on any atom is -0.272 e. The predicted octanol–water partition coefficient (Wildman–Crippen LogP) is 1.63. The van der Waals surface area contributed by atoms with Crippen LogP contribution in [-0.2, 0) is 11.8 Å².